The maximum Gasteiger partial charge on any atom is 0.243 e. The van der Waals surface area contributed by atoms with Crippen molar-refractivity contribution in [3.05, 3.63) is 29.8 Å². The van der Waals surface area contributed by atoms with E-state index < -0.39 is 6.04 Å². The van der Waals surface area contributed by atoms with Crippen molar-refractivity contribution < 1.29 is 14.3 Å². The van der Waals surface area contributed by atoms with Crippen molar-refractivity contribution in [2.45, 2.75) is 77.4 Å². The lowest BCUT2D eigenvalue weighted by Crippen LogP contribution is -2.50. The molecular weight excluding hydrogens is 328 g/mol. The standard InChI is InChI=1S/C21H32N2O3/c1-4-9-20(24)23(15-16-10-8-13-18(14-16)26-3)19(5-2)21(25)22-17-11-6-7-12-17/h8,10,13-14,17,19H,4-7,9,11-12,15H2,1-3H3,(H,22,25). The summed E-state index contributed by atoms with van der Waals surface area (Å²) in [5, 5.41) is 3.16. The molecule has 0 heterocycles. The van der Waals surface area contributed by atoms with Crippen molar-refractivity contribution in [3.63, 3.8) is 0 Å². The van der Waals surface area contributed by atoms with Crippen molar-refractivity contribution in [2.75, 3.05) is 7.11 Å². The summed E-state index contributed by atoms with van der Waals surface area (Å²) in [5.41, 5.74) is 0.973. The van der Waals surface area contributed by atoms with E-state index in [4.69, 9.17) is 4.74 Å². The number of methoxy groups -OCH3 is 1. The molecule has 0 bridgehead atoms. The van der Waals surface area contributed by atoms with E-state index >= 15 is 0 Å². The molecule has 1 saturated carbocycles. The number of carbonyl (C=O) groups is 2. The summed E-state index contributed by atoms with van der Waals surface area (Å²) in [5.74, 6) is 0.768. The predicted octanol–water partition coefficient (Wildman–Crippen LogP) is 3.66. The average molecular weight is 360 g/mol. The molecule has 5 heteroatoms. The van der Waals surface area contributed by atoms with E-state index in [1.54, 1.807) is 12.0 Å². The molecular formula is C21H32N2O3. The average Bonchev–Trinajstić information content (AvgIpc) is 3.14. The lowest BCUT2D eigenvalue weighted by atomic mass is 10.1. The van der Waals surface area contributed by atoms with E-state index in [-0.39, 0.29) is 17.9 Å². The highest BCUT2D eigenvalue weighted by atomic mass is 16.5. The Morgan fingerprint density at radius 3 is 2.62 bits per heavy atom. The topological polar surface area (TPSA) is 58.6 Å². The molecule has 1 fully saturated rings. The van der Waals surface area contributed by atoms with E-state index in [1.807, 2.05) is 38.1 Å². The SMILES string of the molecule is CCCC(=O)N(Cc1cccc(OC)c1)C(CC)C(=O)NC1CCCC1. The molecule has 1 aliphatic carbocycles. The summed E-state index contributed by atoms with van der Waals surface area (Å²) in [6, 6.07) is 7.52. The Kier molecular flexibility index (Phi) is 7.95. The van der Waals surface area contributed by atoms with Gasteiger partial charge in [-0.25, -0.2) is 0 Å². The minimum atomic E-state index is -0.430. The first-order valence-corrected chi connectivity index (χ1v) is 9.81. The minimum Gasteiger partial charge on any atom is -0.497 e. The smallest absolute Gasteiger partial charge is 0.243 e. The van der Waals surface area contributed by atoms with E-state index in [9.17, 15) is 9.59 Å². The zero-order chi connectivity index (χ0) is 18.9. The number of nitrogens with zero attached hydrogens (tertiary/aromatic N) is 1. The van der Waals surface area contributed by atoms with Crippen LogP contribution in [0.1, 0.15) is 64.4 Å². The Hall–Kier alpha value is -2.04. The van der Waals surface area contributed by atoms with Crippen LogP contribution >= 0.6 is 0 Å². The first kappa shape index (κ1) is 20.3. The lowest BCUT2D eigenvalue weighted by Gasteiger charge is -2.31. The number of benzene rings is 1. The fourth-order valence-corrected chi connectivity index (χ4v) is 3.61. The van der Waals surface area contributed by atoms with Gasteiger partial charge >= 0.3 is 0 Å². The van der Waals surface area contributed by atoms with E-state index in [1.165, 1.54) is 12.8 Å². The second-order valence-electron chi connectivity index (χ2n) is 7.04. The number of carbonyl (C=O) groups excluding carboxylic acids is 2. The number of hydrogen-bond acceptors (Lipinski definition) is 3. The molecule has 0 saturated heterocycles. The Labute approximate surface area is 157 Å². The first-order chi connectivity index (χ1) is 12.6. The quantitative estimate of drug-likeness (QED) is 0.731. The minimum absolute atomic E-state index is 0.0215. The molecule has 1 aromatic rings. The van der Waals surface area contributed by atoms with Gasteiger partial charge in [0.05, 0.1) is 7.11 Å². The van der Waals surface area contributed by atoms with Crippen LogP contribution in [-0.2, 0) is 16.1 Å². The van der Waals surface area contributed by atoms with Crippen molar-refractivity contribution in [1.82, 2.24) is 10.2 Å². The zero-order valence-electron chi connectivity index (χ0n) is 16.3. The summed E-state index contributed by atoms with van der Waals surface area (Å²) < 4.78 is 5.28. The fourth-order valence-electron chi connectivity index (χ4n) is 3.61. The van der Waals surface area contributed by atoms with Crippen molar-refractivity contribution in [1.29, 1.82) is 0 Å². The second kappa shape index (κ2) is 10.2. The van der Waals surface area contributed by atoms with Crippen molar-refractivity contribution in [2.24, 2.45) is 0 Å². The molecule has 2 amide bonds. The molecule has 1 aromatic carbocycles. The maximum atomic E-state index is 12.9. The maximum absolute atomic E-state index is 12.9. The van der Waals surface area contributed by atoms with Gasteiger partial charge in [-0.1, -0.05) is 38.8 Å². The van der Waals surface area contributed by atoms with Gasteiger partial charge in [0.2, 0.25) is 11.8 Å². The third kappa shape index (κ3) is 5.48. The zero-order valence-corrected chi connectivity index (χ0v) is 16.3. The molecule has 1 unspecified atom stereocenters. The van der Waals surface area contributed by atoms with Crippen LogP contribution in [0.4, 0.5) is 0 Å². The monoisotopic (exact) mass is 360 g/mol. The highest BCUT2D eigenvalue weighted by molar-refractivity contribution is 5.87. The lowest BCUT2D eigenvalue weighted by molar-refractivity contribution is -0.141. The summed E-state index contributed by atoms with van der Waals surface area (Å²) in [6.07, 6.45) is 6.26. The van der Waals surface area contributed by atoms with Crippen LogP contribution in [0.3, 0.4) is 0 Å². The molecule has 26 heavy (non-hydrogen) atoms. The van der Waals surface area contributed by atoms with Crippen molar-refractivity contribution >= 4 is 11.8 Å². The Morgan fingerprint density at radius 1 is 1.27 bits per heavy atom. The molecule has 0 aromatic heterocycles. The molecule has 1 aliphatic rings. The number of hydrogen-bond donors (Lipinski definition) is 1. The number of ether oxygens (including phenoxy) is 1. The fraction of sp³-hybridized carbons (Fsp3) is 0.619. The van der Waals surface area contributed by atoms with Crippen LogP contribution in [0, 0.1) is 0 Å². The molecule has 0 radical (unpaired) electrons. The molecule has 5 nitrogen and oxygen atoms in total. The van der Waals surface area contributed by atoms with Gasteiger partial charge in [0.1, 0.15) is 11.8 Å². The van der Waals surface area contributed by atoms with Gasteiger partial charge in [-0.2, -0.15) is 0 Å². The van der Waals surface area contributed by atoms with Crippen molar-refractivity contribution in [3.8, 4) is 5.75 Å². The van der Waals surface area contributed by atoms with E-state index in [0.717, 1.165) is 30.6 Å². The summed E-state index contributed by atoms with van der Waals surface area (Å²) in [7, 11) is 1.63. The predicted molar refractivity (Wildman–Crippen MR) is 103 cm³/mol. The summed E-state index contributed by atoms with van der Waals surface area (Å²) in [4.78, 5) is 27.4. The van der Waals surface area contributed by atoms with Crippen LogP contribution in [0.25, 0.3) is 0 Å². The van der Waals surface area contributed by atoms with Crippen LogP contribution in [0.5, 0.6) is 5.75 Å². The largest absolute Gasteiger partial charge is 0.497 e. The van der Waals surface area contributed by atoms with E-state index in [0.29, 0.717) is 19.4 Å². The number of nitrogens with one attached hydrogen (secondary N) is 1. The van der Waals surface area contributed by atoms with Gasteiger partial charge in [-0.05, 0) is 43.4 Å². The van der Waals surface area contributed by atoms with Gasteiger partial charge in [-0.15, -0.1) is 0 Å². The highest BCUT2D eigenvalue weighted by Crippen LogP contribution is 2.20. The highest BCUT2D eigenvalue weighted by Gasteiger charge is 2.30. The van der Waals surface area contributed by atoms with Crippen LogP contribution in [0.2, 0.25) is 0 Å². The Morgan fingerprint density at radius 2 is 2.00 bits per heavy atom. The summed E-state index contributed by atoms with van der Waals surface area (Å²) >= 11 is 0. The van der Waals surface area contributed by atoms with Gasteiger partial charge in [0.15, 0.2) is 0 Å². The first-order valence-electron chi connectivity index (χ1n) is 9.81. The van der Waals surface area contributed by atoms with Gasteiger partial charge in [-0.3, -0.25) is 9.59 Å². The molecule has 1 atom stereocenters. The Bertz CT molecular complexity index is 597. The normalized spacial score (nSPS) is 15.5. The van der Waals surface area contributed by atoms with Gasteiger partial charge < -0.3 is 15.0 Å². The molecule has 2 rings (SSSR count). The third-order valence-electron chi connectivity index (χ3n) is 5.04. The van der Waals surface area contributed by atoms with E-state index in [2.05, 4.69) is 5.32 Å². The third-order valence-corrected chi connectivity index (χ3v) is 5.04. The molecule has 0 aliphatic heterocycles. The second-order valence-corrected chi connectivity index (χ2v) is 7.04. The molecule has 1 N–H and O–H groups in total. The summed E-state index contributed by atoms with van der Waals surface area (Å²) in [6.45, 7) is 4.38. The molecule has 0 spiro atoms. The van der Waals surface area contributed by atoms with Crippen LogP contribution in [-0.4, -0.2) is 35.9 Å². The number of rotatable bonds is 9. The molecule has 144 valence electrons. The van der Waals surface area contributed by atoms with Gasteiger partial charge in [0, 0.05) is 19.0 Å². The Balaban J connectivity index is 2.16. The van der Waals surface area contributed by atoms with Crippen LogP contribution < -0.4 is 10.1 Å². The number of amides is 2. The van der Waals surface area contributed by atoms with Gasteiger partial charge in [0.25, 0.3) is 0 Å². The van der Waals surface area contributed by atoms with Crippen LogP contribution in [0.15, 0.2) is 24.3 Å².